The first kappa shape index (κ1) is 17.7. The largest absolute Gasteiger partial charge is 0.378 e. The molecule has 0 spiro atoms. The first-order chi connectivity index (χ1) is 9.99. The maximum Gasteiger partial charge on any atom is 0.0700 e. The molecule has 0 aliphatic heterocycles. The fraction of sp³-hybridized carbons (Fsp3) is 0.389. The molecule has 0 fully saturated rings. The van der Waals surface area contributed by atoms with Crippen molar-refractivity contribution in [3.05, 3.63) is 58.1 Å². The van der Waals surface area contributed by atoms with Crippen LogP contribution in [0.25, 0.3) is 0 Å². The first-order valence-electron chi connectivity index (χ1n) is 7.27. The third-order valence-corrected chi connectivity index (χ3v) is 4.37. The molecular formula is C18H27N2P. The van der Waals surface area contributed by atoms with Crippen molar-refractivity contribution in [1.29, 1.82) is 0 Å². The van der Waals surface area contributed by atoms with Gasteiger partial charge in [-0.3, -0.25) is 4.99 Å². The van der Waals surface area contributed by atoms with Crippen LogP contribution >= 0.6 is 8.58 Å². The molecule has 0 heterocycles. The maximum atomic E-state index is 4.16. The lowest BCUT2D eigenvalue weighted by Gasteiger charge is -2.21. The second-order valence-electron chi connectivity index (χ2n) is 5.40. The van der Waals surface area contributed by atoms with E-state index in [0.29, 0.717) is 0 Å². The average molecular weight is 302 g/mol. The Kier molecular flexibility index (Phi) is 7.39. The van der Waals surface area contributed by atoms with Gasteiger partial charge >= 0.3 is 0 Å². The third-order valence-electron chi connectivity index (χ3n) is 3.33. The van der Waals surface area contributed by atoms with E-state index in [2.05, 4.69) is 75.0 Å². The number of aliphatic imine (C=N–C) groups is 1. The summed E-state index contributed by atoms with van der Waals surface area (Å²) >= 11 is 0. The second kappa shape index (κ2) is 8.79. The van der Waals surface area contributed by atoms with Crippen LogP contribution in [0.3, 0.4) is 0 Å². The molecule has 2 unspecified atom stereocenters. The van der Waals surface area contributed by atoms with Gasteiger partial charge in [-0.15, -0.1) is 0 Å². The minimum Gasteiger partial charge on any atom is -0.378 e. The molecule has 1 N–H and O–H groups in total. The summed E-state index contributed by atoms with van der Waals surface area (Å²) in [6, 6.07) is 8.75. The van der Waals surface area contributed by atoms with E-state index in [1.807, 2.05) is 13.3 Å². The van der Waals surface area contributed by atoms with Gasteiger partial charge in [0.15, 0.2) is 0 Å². The molecule has 1 rings (SSSR count). The van der Waals surface area contributed by atoms with E-state index < -0.39 is 0 Å². The van der Waals surface area contributed by atoms with E-state index in [0.717, 1.165) is 8.58 Å². The first-order valence-corrected chi connectivity index (χ1v) is 8.77. The fourth-order valence-corrected chi connectivity index (χ4v) is 2.97. The Morgan fingerprint density at radius 1 is 1.24 bits per heavy atom. The van der Waals surface area contributed by atoms with Crippen molar-refractivity contribution in [2.75, 3.05) is 13.7 Å². The SMILES string of the molecule is CN=C/C(PC)=C(\C)NC(C=C(C)C)c1ccccc1C. The van der Waals surface area contributed by atoms with Gasteiger partial charge in [-0.05, 0) is 45.5 Å². The number of aryl methyl sites for hydroxylation is 1. The molecule has 0 radical (unpaired) electrons. The van der Waals surface area contributed by atoms with Gasteiger partial charge in [-0.1, -0.05) is 44.5 Å². The van der Waals surface area contributed by atoms with Crippen LogP contribution in [0.2, 0.25) is 0 Å². The zero-order valence-electron chi connectivity index (χ0n) is 14.0. The maximum absolute atomic E-state index is 4.16. The Balaban J connectivity index is 3.17. The summed E-state index contributed by atoms with van der Waals surface area (Å²) in [5, 5.41) is 4.94. The monoisotopic (exact) mass is 302 g/mol. The van der Waals surface area contributed by atoms with E-state index in [-0.39, 0.29) is 6.04 Å². The average Bonchev–Trinajstić information content (AvgIpc) is 2.44. The summed E-state index contributed by atoms with van der Waals surface area (Å²) in [5.41, 5.74) is 5.15. The fourth-order valence-electron chi connectivity index (χ4n) is 2.27. The number of benzene rings is 1. The van der Waals surface area contributed by atoms with Crippen molar-refractivity contribution in [3.63, 3.8) is 0 Å². The van der Waals surface area contributed by atoms with Crippen LogP contribution < -0.4 is 5.32 Å². The van der Waals surface area contributed by atoms with Gasteiger partial charge in [-0.2, -0.15) is 0 Å². The Bertz CT molecular complexity index is 552. The van der Waals surface area contributed by atoms with Crippen LogP contribution in [-0.2, 0) is 0 Å². The van der Waals surface area contributed by atoms with E-state index in [9.17, 15) is 0 Å². The molecule has 0 amide bonds. The third kappa shape index (κ3) is 5.47. The number of rotatable bonds is 6. The highest BCUT2D eigenvalue weighted by atomic mass is 31.1. The molecule has 1 aromatic rings. The van der Waals surface area contributed by atoms with E-state index >= 15 is 0 Å². The lowest BCUT2D eigenvalue weighted by Crippen LogP contribution is -2.20. The van der Waals surface area contributed by atoms with Crippen molar-refractivity contribution < 1.29 is 0 Å². The summed E-state index contributed by atoms with van der Waals surface area (Å²) in [7, 11) is 2.56. The molecule has 2 nitrogen and oxygen atoms in total. The number of hydrogen-bond acceptors (Lipinski definition) is 2. The molecule has 114 valence electrons. The smallest absolute Gasteiger partial charge is 0.0700 e. The minimum absolute atomic E-state index is 0.202. The molecule has 3 heteroatoms. The van der Waals surface area contributed by atoms with Crippen molar-refractivity contribution >= 4 is 14.8 Å². The zero-order valence-corrected chi connectivity index (χ0v) is 15.0. The Morgan fingerprint density at radius 2 is 1.90 bits per heavy atom. The molecule has 0 aromatic heterocycles. The number of allylic oxidation sites excluding steroid dienone is 3. The molecule has 2 atom stereocenters. The summed E-state index contributed by atoms with van der Waals surface area (Å²) in [6.07, 6.45) is 4.24. The van der Waals surface area contributed by atoms with Gasteiger partial charge < -0.3 is 5.32 Å². The van der Waals surface area contributed by atoms with Crippen LogP contribution in [0.5, 0.6) is 0 Å². The highest BCUT2D eigenvalue weighted by molar-refractivity contribution is 7.43. The molecule has 21 heavy (non-hydrogen) atoms. The van der Waals surface area contributed by atoms with Crippen LogP contribution in [0, 0.1) is 6.92 Å². The molecule has 0 aliphatic rings. The quantitative estimate of drug-likeness (QED) is 0.454. The molecule has 0 aliphatic carbocycles. The highest BCUT2D eigenvalue weighted by Crippen LogP contribution is 2.25. The zero-order chi connectivity index (χ0) is 15.8. The number of nitrogens with one attached hydrogen (secondary N) is 1. The summed E-state index contributed by atoms with van der Waals surface area (Å²) in [4.78, 5) is 4.16. The Labute approximate surface area is 131 Å². The summed E-state index contributed by atoms with van der Waals surface area (Å²) in [6.45, 7) is 10.8. The van der Waals surface area contributed by atoms with Crippen LogP contribution in [0.4, 0.5) is 0 Å². The predicted octanol–water partition coefficient (Wildman–Crippen LogP) is 4.83. The van der Waals surface area contributed by atoms with Crippen LogP contribution in [0.1, 0.15) is 37.9 Å². The van der Waals surface area contributed by atoms with Gasteiger partial charge in [-0.25, -0.2) is 0 Å². The van der Waals surface area contributed by atoms with Crippen molar-refractivity contribution in [2.45, 2.75) is 33.7 Å². The number of hydrogen-bond donors (Lipinski definition) is 1. The normalized spacial score (nSPS) is 14.4. The van der Waals surface area contributed by atoms with Gasteiger partial charge in [0.1, 0.15) is 0 Å². The van der Waals surface area contributed by atoms with Crippen molar-refractivity contribution in [3.8, 4) is 0 Å². The molecule has 1 aromatic carbocycles. The molecule has 0 bridgehead atoms. The lowest BCUT2D eigenvalue weighted by atomic mass is 9.99. The van der Waals surface area contributed by atoms with E-state index in [1.165, 1.54) is 27.7 Å². The highest BCUT2D eigenvalue weighted by Gasteiger charge is 2.11. The molecular weight excluding hydrogens is 275 g/mol. The van der Waals surface area contributed by atoms with Crippen molar-refractivity contribution in [1.82, 2.24) is 5.32 Å². The predicted molar refractivity (Wildman–Crippen MR) is 97.8 cm³/mol. The number of nitrogens with zero attached hydrogens (tertiary/aromatic N) is 1. The Hall–Kier alpha value is -1.40. The topological polar surface area (TPSA) is 24.4 Å². The lowest BCUT2D eigenvalue weighted by molar-refractivity contribution is 0.705. The van der Waals surface area contributed by atoms with Gasteiger partial charge in [0.2, 0.25) is 0 Å². The van der Waals surface area contributed by atoms with Crippen molar-refractivity contribution in [2.24, 2.45) is 4.99 Å². The van der Waals surface area contributed by atoms with Crippen LogP contribution in [0.15, 0.2) is 51.9 Å². The second-order valence-corrected chi connectivity index (χ2v) is 6.44. The van der Waals surface area contributed by atoms with E-state index in [1.54, 1.807) is 0 Å². The minimum atomic E-state index is 0.202. The molecule has 0 saturated heterocycles. The van der Waals surface area contributed by atoms with Gasteiger partial charge in [0.05, 0.1) is 6.04 Å². The Morgan fingerprint density at radius 3 is 2.43 bits per heavy atom. The molecule has 0 saturated carbocycles. The van der Waals surface area contributed by atoms with Gasteiger partial charge in [0, 0.05) is 24.3 Å². The van der Waals surface area contributed by atoms with E-state index in [4.69, 9.17) is 0 Å². The summed E-state index contributed by atoms with van der Waals surface area (Å²) in [5.74, 6) is 0. The van der Waals surface area contributed by atoms with Gasteiger partial charge in [0.25, 0.3) is 0 Å². The standard InChI is InChI=1S/C18H27N2P/c1-13(2)11-17(16-10-8-7-9-14(16)3)20-15(4)18(21-6)12-19-5/h7-12,17,20-21H,1-6H3/b18-15-,19-12?. The van der Waals surface area contributed by atoms with Crippen LogP contribution in [-0.4, -0.2) is 19.9 Å². The summed E-state index contributed by atoms with van der Waals surface area (Å²) < 4.78 is 0.